The second-order valence-corrected chi connectivity index (χ2v) is 6.47. The summed E-state index contributed by atoms with van der Waals surface area (Å²) in [6.45, 7) is 2.69. The van der Waals surface area contributed by atoms with Crippen LogP contribution < -0.4 is 10.6 Å². The Morgan fingerprint density at radius 3 is 2.33 bits per heavy atom. The fourth-order valence-corrected chi connectivity index (χ4v) is 3.30. The molecule has 2 aromatic rings. The van der Waals surface area contributed by atoms with Crippen LogP contribution in [0.25, 0.3) is 0 Å². The van der Waals surface area contributed by atoms with Crippen molar-refractivity contribution in [2.75, 3.05) is 11.4 Å². The molecule has 0 fully saturated rings. The topological polar surface area (TPSA) is 72.6 Å². The molecule has 0 aromatic heterocycles. The quantitative estimate of drug-likeness (QED) is 0.869. The van der Waals surface area contributed by atoms with E-state index in [1.807, 2.05) is 0 Å². The number of amides is 2. The van der Waals surface area contributed by atoms with Gasteiger partial charge in [0.25, 0.3) is 5.91 Å². The van der Waals surface area contributed by atoms with Crippen molar-refractivity contribution < 1.29 is 27.5 Å². The van der Waals surface area contributed by atoms with Crippen molar-refractivity contribution in [1.82, 2.24) is 0 Å². The Balaban J connectivity index is 2.36. The molecule has 2 amide bonds. The lowest BCUT2D eigenvalue weighted by Crippen LogP contribution is -2.47. The van der Waals surface area contributed by atoms with Gasteiger partial charge in [-0.15, -0.1) is 0 Å². The molecule has 0 radical (unpaired) electrons. The highest BCUT2D eigenvalue weighted by atomic mass is 19.2. The summed E-state index contributed by atoms with van der Waals surface area (Å²) in [4.78, 5) is 25.7. The lowest BCUT2D eigenvalue weighted by atomic mass is 9.86. The number of rotatable bonds is 5. The molecular formula is C19H17F3N2O3. The van der Waals surface area contributed by atoms with Crippen LogP contribution in [0.5, 0.6) is 0 Å². The van der Waals surface area contributed by atoms with Crippen LogP contribution in [0.2, 0.25) is 0 Å². The summed E-state index contributed by atoms with van der Waals surface area (Å²) < 4.78 is 48.2. The minimum atomic E-state index is -2.07. The van der Waals surface area contributed by atoms with Crippen molar-refractivity contribution in [3.05, 3.63) is 65.0 Å². The first-order valence-corrected chi connectivity index (χ1v) is 8.21. The summed E-state index contributed by atoms with van der Waals surface area (Å²) in [7, 11) is 0. The minimum absolute atomic E-state index is 0.0253. The maximum atomic E-state index is 14.9. The smallest absolute Gasteiger partial charge is 0.269 e. The number of anilines is 1. The maximum absolute atomic E-state index is 14.9. The summed E-state index contributed by atoms with van der Waals surface area (Å²) >= 11 is 0. The number of hydrogen-bond acceptors (Lipinski definition) is 3. The van der Waals surface area contributed by atoms with Crippen molar-refractivity contribution in [3.63, 3.8) is 0 Å². The van der Waals surface area contributed by atoms with Gasteiger partial charge in [0.15, 0.2) is 11.6 Å². The molecular weight excluding hydrogens is 361 g/mol. The molecule has 1 atom stereocenters. The molecule has 5 nitrogen and oxygen atoms in total. The van der Waals surface area contributed by atoms with E-state index in [2.05, 4.69) is 0 Å². The van der Waals surface area contributed by atoms with E-state index in [0.29, 0.717) is 0 Å². The number of hydrogen-bond donors (Lipinski definition) is 1. The average Bonchev–Trinajstić information content (AvgIpc) is 2.81. The zero-order chi connectivity index (χ0) is 19.9. The number of nitrogens with two attached hydrogens (primary N) is 1. The first kappa shape index (κ1) is 18.9. The van der Waals surface area contributed by atoms with Crippen LogP contribution in [0.3, 0.4) is 0 Å². The van der Waals surface area contributed by atoms with Crippen molar-refractivity contribution in [3.8, 4) is 0 Å². The third kappa shape index (κ3) is 2.95. The number of carbonyl (C=O) groups is 2. The van der Waals surface area contributed by atoms with Gasteiger partial charge < -0.3 is 10.5 Å². The lowest BCUT2D eigenvalue weighted by Gasteiger charge is -2.31. The number of ether oxygens (including phenoxy) is 1. The third-order valence-corrected chi connectivity index (χ3v) is 4.24. The summed E-state index contributed by atoms with van der Waals surface area (Å²) in [6.07, 6.45) is -0.581. The van der Waals surface area contributed by atoms with Gasteiger partial charge in [-0.1, -0.05) is 12.1 Å². The monoisotopic (exact) mass is 378 g/mol. The highest BCUT2D eigenvalue weighted by molar-refractivity contribution is 6.11. The average molecular weight is 378 g/mol. The molecule has 0 bridgehead atoms. The summed E-state index contributed by atoms with van der Waals surface area (Å²) in [5.41, 5.74) is 2.87. The van der Waals surface area contributed by atoms with E-state index in [9.17, 15) is 22.8 Å². The minimum Gasteiger partial charge on any atom is -0.368 e. The number of carbonyl (C=O) groups excluding carboxylic acids is 2. The maximum Gasteiger partial charge on any atom is 0.269 e. The Bertz CT molecular complexity index is 915. The van der Waals surface area contributed by atoms with Gasteiger partial charge in [0.2, 0.25) is 11.5 Å². The molecule has 1 aliphatic heterocycles. The van der Waals surface area contributed by atoms with E-state index in [1.54, 1.807) is 13.8 Å². The van der Waals surface area contributed by atoms with Crippen LogP contribution in [0.4, 0.5) is 18.9 Å². The highest BCUT2D eigenvalue weighted by Gasteiger charge is 2.56. The first-order chi connectivity index (χ1) is 12.7. The number of fused-ring (bicyclic) bond motifs is 1. The molecule has 0 spiro atoms. The van der Waals surface area contributed by atoms with Gasteiger partial charge in [-0.25, -0.2) is 13.2 Å². The molecule has 1 aliphatic rings. The molecule has 8 heteroatoms. The predicted molar refractivity (Wildman–Crippen MR) is 91.3 cm³/mol. The second kappa shape index (κ2) is 6.70. The van der Waals surface area contributed by atoms with Crippen LogP contribution in [-0.2, 0) is 19.9 Å². The van der Waals surface area contributed by atoms with Crippen LogP contribution in [0.15, 0.2) is 36.4 Å². The SMILES string of the molecule is CC(C)O[C@]1(c2ccc(F)cc2)C(=O)N(CC(N)=O)c2ccc(F)c(F)c21. The van der Waals surface area contributed by atoms with Crippen molar-refractivity contribution in [2.45, 2.75) is 25.6 Å². The molecule has 0 aliphatic carbocycles. The van der Waals surface area contributed by atoms with Crippen LogP contribution >= 0.6 is 0 Å². The molecule has 27 heavy (non-hydrogen) atoms. The Morgan fingerprint density at radius 2 is 1.78 bits per heavy atom. The van der Waals surface area contributed by atoms with Gasteiger partial charge in [0, 0.05) is 0 Å². The van der Waals surface area contributed by atoms with Gasteiger partial charge in [-0.2, -0.15) is 0 Å². The van der Waals surface area contributed by atoms with Gasteiger partial charge >= 0.3 is 0 Å². The Kier molecular flexibility index (Phi) is 4.69. The molecule has 3 rings (SSSR count). The van der Waals surface area contributed by atoms with E-state index in [4.69, 9.17) is 10.5 Å². The second-order valence-electron chi connectivity index (χ2n) is 6.47. The van der Waals surface area contributed by atoms with E-state index in [1.165, 1.54) is 18.2 Å². The van der Waals surface area contributed by atoms with Crippen molar-refractivity contribution >= 4 is 17.5 Å². The van der Waals surface area contributed by atoms with Gasteiger partial charge in [-0.05, 0) is 43.7 Å². The van der Waals surface area contributed by atoms with Crippen LogP contribution in [-0.4, -0.2) is 24.5 Å². The zero-order valence-corrected chi connectivity index (χ0v) is 14.6. The highest BCUT2D eigenvalue weighted by Crippen LogP contribution is 2.49. The summed E-state index contributed by atoms with van der Waals surface area (Å²) in [6, 6.07) is 6.73. The van der Waals surface area contributed by atoms with Gasteiger partial charge in [0.1, 0.15) is 12.4 Å². The first-order valence-electron chi connectivity index (χ1n) is 8.21. The summed E-state index contributed by atoms with van der Waals surface area (Å²) in [5, 5.41) is 0. The van der Waals surface area contributed by atoms with E-state index in [-0.39, 0.29) is 16.8 Å². The molecule has 1 heterocycles. The number of benzene rings is 2. The molecule has 142 valence electrons. The summed E-state index contributed by atoms with van der Waals surface area (Å²) in [5.74, 6) is -4.67. The van der Waals surface area contributed by atoms with Crippen LogP contribution in [0.1, 0.15) is 25.0 Å². The number of primary amides is 1. The van der Waals surface area contributed by atoms with Crippen LogP contribution in [0, 0.1) is 17.5 Å². The van der Waals surface area contributed by atoms with Gasteiger partial charge in [0.05, 0.1) is 17.4 Å². The fraction of sp³-hybridized carbons (Fsp3) is 0.263. The normalized spacial score (nSPS) is 18.9. The number of nitrogens with zero attached hydrogens (tertiary/aromatic N) is 1. The Morgan fingerprint density at radius 1 is 1.15 bits per heavy atom. The largest absolute Gasteiger partial charge is 0.368 e. The van der Waals surface area contributed by atoms with Crippen molar-refractivity contribution in [2.24, 2.45) is 5.73 Å². The molecule has 0 saturated heterocycles. The molecule has 2 aromatic carbocycles. The standard InChI is InChI=1S/C19H17F3N2O3/c1-10(2)27-19(11-3-5-12(20)6-4-11)16-14(8-7-13(21)17(16)22)24(18(19)26)9-15(23)25/h3-8,10H,9H2,1-2H3,(H2,23,25)/t19-/m0/s1. The molecule has 2 N–H and O–H groups in total. The van der Waals surface area contributed by atoms with Crippen molar-refractivity contribution in [1.29, 1.82) is 0 Å². The lowest BCUT2D eigenvalue weighted by molar-refractivity contribution is -0.144. The van der Waals surface area contributed by atoms with E-state index in [0.717, 1.165) is 23.1 Å². The third-order valence-electron chi connectivity index (χ3n) is 4.24. The Hall–Kier alpha value is -2.87. The van der Waals surface area contributed by atoms with Gasteiger partial charge in [-0.3, -0.25) is 14.5 Å². The predicted octanol–water partition coefficient (Wildman–Crippen LogP) is 2.60. The van der Waals surface area contributed by atoms with E-state index < -0.39 is 47.5 Å². The molecule has 0 saturated carbocycles. The number of halogens is 3. The fourth-order valence-electron chi connectivity index (χ4n) is 3.30. The Labute approximate surface area is 153 Å². The zero-order valence-electron chi connectivity index (χ0n) is 14.6. The molecule has 0 unspecified atom stereocenters. The van der Waals surface area contributed by atoms with E-state index >= 15 is 0 Å².